The predicted molar refractivity (Wildman–Crippen MR) is 128 cm³/mol. The Labute approximate surface area is 194 Å². The Morgan fingerprint density at radius 1 is 1.24 bits per heavy atom. The van der Waals surface area contributed by atoms with Crippen LogP contribution in [0.4, 0.5) is 0 Å². The second-order valence-corrected chi connectivity index (χ2v) is 8.33. The van der Waals surface area contributed by atoms with Crippen LogP contribution in [0.1, 0.15) is 36.6 Å². The van der Waals surface area contributed by atoms with Crippen LogP contribution in [0.15, 0.2) is 45.6 Å². The highest BCUT2D eigenvalue weighted by atomic mass is 35.5. The van der Waals surface area contributed by atoms with Crippen molar-refractivity contribution >= 4 is 45.0 Å². The normalized spacial score (nSPS) is 12.3. The monoisotopic (exact) mass is 466 g/mol. The number of rotatable bonds is 7. The lowest BCUT2D eigenvalue weighted by atomic mass is 9.89. The standard InChI is InChI=1S/C24H23ClN4O4/c1-12(26)21(13(2)27)17-8-18-16(9-20(17)32-3)22-23(19(11-30)28-18)33-24(31)29(22)10-14-5-4-6-15(25)7-14/h4-9,21,26-27,30H,10-11H2,1-3H3. The number of oxazole rings is 1. The summed E-state index contributed by atoms with van der Waals surface area (Å²) in [5.74, 6) is -0.688. The van der Waals surface area contributed by atoms with Gasteiger partial charge >= 0.3 is 5.76 Å². The minimum absolute atomic E-state index is 0.204. The van der Waals surface area contributed by atoms with E-state index in [1.54, 1.807) is 44.2 Å². The Balaban J connectivity index is 2.05. The SMILES string of the molecule is COc1cc2c(cc1C(C(C)=N)C(C)=N)nc(CO)c1oc(=O)n(Cc3cccc(Cl)c3)c12. The van der Waals surface area contributed by atoms with Gasteiger partial charge < -0.3 is 25.1 Å². The molecule has 0 saturated heterocycles. The molecule has 0 fully saturated rings. The number of benzene rings is 2. The molecule has 2 aromatic heterocycles. The largest absolute Gasteiger partial charge is 0.496 e. The zero-order chi connectivity index (χ0) is 23.9. The van der Waals surface area contributed by atoms with Crippen LogP contribution in [0, 0.1) is 10.8 Å². The van der Waals surface area contributed by atoms with E-state index in [9.17, 15) is 9.90 Å². The van der Waals surface area contributed by atoms with E-state index in [4.69, 9.17) is 31.6 Å². The predicted octanol–water partition coefficient (Wildman–Crippen LogP) is 4.51. The summed E-state index contributed by atoms with van der Waals surface area (Å²) in [5, 5.41) is 27.4. The summed E-state index contributed by atoms with van der Waals surface area (Å²) in [6.07, 6.45) is 0. The molecule has 0 aliphatic rings. The first-order chi connectivity index (χ1) is 15.7. The van der Waals surface area contributed by atoms with E-state index in [1.165, 1.54) is 11.7 Å². The average Bonchev–Trinajstić information content (AvgIpc) is 3.08. The summed E-state index contributed by atoms with van der Waals surface area (Å²) in [4.78, 5) is 17.3. The molecule has 0 unspecified atom stereocenters. The van der Waals surface area contributed by atoms with Crippen LogP contribution in [-0.4, -0.2) is 33.2 Å². The van der Waals surface area contributed by atoms with Crippen LogP contribution < -0.4 is 10.5 Å². The van der Waals surface area contributed by atoms with Crippen molar-refractivity contribution in [3.63, 3.8) is 0 Å². The fraction of sp³-hybridized carbons (Fsp3) is 0.250. The quantitative estimate of drug-likeness (QED) is 0.345. The van der Waals surface area contributed by atoms with Crippen molar-refractivity contribution in [1.29, 1.82) is 10.8 Å². The molecule has 0 amide bonds. The van der Waals surface area contributed by atoms with Crippen LogP contribution in [0.25, 0.3) is 22.0 Å². The molecule has 9 heteroatoms. The molecule has 8 nitrogen and oxygen atoms in total. The van der Waals surface area contributed by atoms with Crippen LogP contribution in [0.3, 0.4) is 0 Å². The van der Waals surface area contributed by atoms with Crippen LogP contribution in [-0.2, 0) is 13.2 Å². The van der Waals surface area contributed by atoms with Crippen LogP contribution >= 0.6 is 11.6 Å². The topological polar surface area (TPSA) is 125 Å². The number of aromatic nitrogens is 2. The Morgan fingerprint density at radius 2 is 1.97 bits per heavy atom. The lowest BCUT2D eigenvalue weighted by Gasteiger charge is -2.19. The van der Waals surface area contributed by atoms with Gasteiger partial charge in [-0.3, -0.25) is 4.57 Å². The summed E-state index contributed by atoms with van der Waals surface area (Å²) in [6.45, 7) is 3.07. The molecule has 0 bridgehead atoms. The molecule has 170 valence electrons. The van der Waals surface area contributed by atoms with Gasteiger partial charge in [-0.25, -0.2) is 9.78 Å². The summed E-state index contributed by atoms with van der Waals surface area (Å²) < 4.78 is 12.6. The molecule has 0 spiro atoms. The molecule has 0 radical (unpaired) electrons. The van der Waals surface area contributed by atoms with Gasteiger partial charge in [0.25, 0.3) is 0 Å². The highest BCUT2D eigenvalue weighted by molar-refractivity contribution is 6.30. The van der Waals surface area contributed by atoms with Gasteiger partial charge in [0.2, 0.25) is 0 Å². The lowest BCUT2D eigenvalue weighted by Crippen LogP contribution is -2.17. The molecule has 2 aromatic carbocycles. The average molecular weight is 467 g/mol. The molecule has 33 heavy (non-hydrogen) atoms. The number of methoxy groups -OCH3 is 1. The number of nitrogens with one attached hydrogen (secondary N) is 2. The molecular formula is C24H23ClN4O4. The first kappa shape index (κ1) is 22.7. The van der Waals surface area contributed by atoms with E-state index in [0.717, 1.165) is 5.56 Å². The van der Waals surface area contributed by atoms with E-state index in [-0.39, 0.29) is 17.8 Å². The third-order valence-electron chi connectivity index (χ3n) is 5.57. The number of hydrogen-bond acceptors (Lipinski definition) is 7. The van der Waals surface area contributed by atoms with E-state index in [2.05, 4.69) is 4.98 Å². The van der Waals surface area contributed by atoms with Crippen molar-refractivity contribution in [2.75, 3.05) is 7.11 Å². The number of ether oxygens (including phenoxy) is 1. The van der Waals surface area contributed by atoms with Crippen molar-refractivity contribution < 1.29 is 14.3 Å². The van der Waals surface area contributed by atoms with Gasteiger partial charge in [0.05, 0.1) is 31.7 Å². The lowest BCUT2D eigenvalue weighted by molar-refractivity contribution is 0.277. The number of halogens is 1. The highest BCUT2D eigenvalue weighted by Gasteiger charge is 2.25. The summed E-state index contributed by atoms with van der Waals surface area (Å²) >= 11 is 6.12. The molecule has 4 rings (SSSR count). The number of pyridine rings is 1. The minimum Gasteiger partial charge on any atom is -0.496 e. The van der Waals surface area contributed by atoms with Crippen LogP contribution in [0.2, 0.25) is 5.02 Å². The summed E-state index contributed by atoms with van der Waals surface area (Å²) in [7, 11) is 1.52. The van der Waals surface area contributed by atoms with Crippen molar-refractivity contribution in [1.82, 2.24) is 9.55 Å². The molecule has 0 aliphatic heterocycles. The van der Waals surface area contributed by atoms with E-state index in [0.29, 0.717) is 44.2 Å². The van der Waals surface area contributed by atoms with E-state index < -0.39 is 18.3 Å². The third kappa shape index (κ3) is 4.03. The highest BCUT2D eigenvalue weighted by Crippen LogP contribution is 2.36. The molecule has 3 N–H and O–H groups in total. The Morgan fingerprint density at radius 3 is 2.58 bits per heavy atom. The Kier molecular flexibility index (Phi) is 6.05. The summed E-state index contributed by atoms with van der Waals surface area (Å²) in [6, 6.07) is 10.7. The second-order valence-electron chi connectivity index (χ2n) is 7.89. The van der Waals surface area contributed by atoms with Gasteiger partial charge in [-0.05, 0) is 43.7 Å². The van der Waals surface area contributed by atoms with Crippen molar-refractivity contribution in [3.05, 3.63) is 68.8 Å². The minimum atomic E-state index is -0.583. The maximum absolute atomic E-state index is 12.8. The fourth-order valence-electron chi connectivity index (χ4n) is 4.19. The fourth-order valence-corrected chi connectivity index (χ4v) is 4.41. The zero-order valence-electron chi connectivity index (χ0n) is 18.4. The van der Waals surface area contributed by atoms with Gasteiger partial charge in [-0.15, -0.1) is 0 Å². The van der Waals surface area contributed by atoms with E-state index in [1.807, 2.05) is 6.07 Å². The van der Waals surface area contributed by atoms with Crippen molar-refractivity contribution in [2.24, 2.45) is 0 Å². The van der Waals surface area contributed by atoms with Crippen LogP contribution in [0.5, 0.6) is 5.75 Å². The number of aliphatic hydroxyl groups is 1. The molecule has 4 aromatic rings. The van der Waals surface area contributed by atoms with E-state index >= 15 is 0 Å². The Bertz CT molecular complexity index is 1460. The first-order valence-corrected chi connectivity index (χ1v) is 10.6. The third-order valence-corrected chi connectivity index (χ3v) is 5.81. The molecular weight excluding hydrogens is 444 g/mol. The first-order valence-electron chi connectivity index (χ1n) is 10.2. The van der Waals surface area contributed by atoms with Crippen molar-refractivity contribution in [2.45, 2.75) is 32.9 Å². The van der Waals surface area contributed by atoms with Gasteiger partial charge in [0.1, 0.15) is 17.0 Å². The number of hydrogen-bond donors (Lipinski definition) is 3. The van der Waals surface area contributed by atoms with Gasteiger partial charge in [0.15, 0.2) is 5.58 Å². The van der Waals surface area contributed by atoms with Crippen molar-refractivity contribution in [3.8, 4) is 5.75 Å². The number of fused-ring (bicyclic) bond motifs is 3. The molecule has 0 saturated carbocycles. The number of aliphatic hydroxyl groups excluding tert-OH is 1. The van der Waals surface area contributed by atoms with Gasteiger partial charge in [0, 0.05) is 27.4 Å². The maximum atomic E-state index is 12.8. The van der Waals surface area contributed by atoms with Gasteiger partial charge in [-0.2, -0.15) is 0 Å². The summed E-state index contributed by atoms with van der Waals surface area (Å²) in [5.41, 5.74) is 3.43. The molecule has 2 heterocycles. The second kappa shape index (κ2) is 8.80. The zero-order valence-corrected chi connectivity index (χ0v) is 19.2. The molecule has 0 aliphatic carbocycles. The van der Waals surface area contributed by atoms with Gasteiger partial charge in [-0.1, -0.05) is 23.7 Å². The molecule has 0 atom stereocenters. The number of nitrogens with zero attached hydrogens (tertiary/aromatic N) is 2. The Hall–Kier alpha value is -3.49. The smallest absolute Gasteiger partial charge is 0.420 e. The maximum Gasteiger partial charge on any atom is 0.420 e.